The number of esters is 2. The molecule has 3 atom stereocenters. The van der Waals surface area contributed by atoms with Crippen LogP contribution in [0.4, 0.5) is 0 Å². The molecule has 0 N–H and O–H groups in total. The molecule has 0 bridgehead atoms. The molecule has 1 heterocycles. The SMILES string of the molecule is C=CC(=O)OCC(=O)OC1CSC(C)C(C)O1. The number of hydrogen-bond acceptors (Lipinski definition) is 6. The average Bonchev–Trinajstić information content (AvgIpc) is 2.31. The van der Waals surface area contributed by atoms with Crippen LogP contribution in [-0.4, -0.2) is 41.9 Å². The van der Waals surface area contributed by atoms with Crippen LogP contribution in [0, 0.1) is 0 Å². The minimum Gasteiger partial charge on any atom is -0.451 e. The summed E-state index contributed by atoms with van der Waals surface area (Å²) in [5.74, 6) is -0.678. The number of hydrogen-bond donors (Lipinski definition) is 0. The molecule has 1 fully saturated rings. The zero-order valence-electron chi connectivity index (χ0n) is 9.88. The molecule has 1 saturated heterocycles. The summed E-state index contributed by atoms with van der Waals surface area (Å²) in [6.07, 6.45) is 0.452. The first-order valence-corrected chi connectivity index (χ1v) is 6.33. The first-order valence-electron chi connectivity index (χ1n) is 5.28. The maximum atomic E-state index is 11.3. The summed E-state index contributed by atoms with van der Waals surface area (Å²) in [7, 11) is 0. The highest BCUT2D eigenvalue weighted by Gasteiger charge is 2.28. The van der Waals surface area contributed by atoms with Crippen molar-refractivity contribution in [3.05, 3.63) is 12.7 Å². The Bertz CT molecular complexity index is 304. The maximum Gasteiger partial charge on any atom is 0.346 e. The van der Waals surface area contributed by atoms with E-state index in [2.05, 4.69) is 18.2 Å². The van der Waals surface area contributed by atoms with Crippen LogP contribution >= 0.6 is 11.8 Å². The monoisotopic (exact) mass is 260 g/mol. The second-order valence-corrected chi connectivity index (χ2v) is 5.02. The van der Waals surface area contributed by atoms with Gasteiger partial charge in [0.15, 0.2) is 6.61 Å². The zero-order valence-corrected chi connectivity index (χ0v) is 10.7. The van der Waals surface area contributed by atoms with Gasteiger partial charge in [-0.25, -0.2) is 9.59 Å². The van der Waals surface area contributed by atoms with Gasteiger partial charge in [-0.2, -0.15) is 0 Å². The van der Waals surface area contributed by atoms with Gasteiger partial charge in [0, 0.05) is 11.3 Å². The van der Waals surface area contributed by atoms with E-state index < -0.39 is 24.8 Å². The Hall–Kier alpha value is -1.01. The van der Waals surface area contributed by atoms with Gasteiger partial charge in [-0.1, -0.05) is 13.5 Å². The highest BCUT2D eigenvalue weighted by atomic mass is 32.2. The number of carbonyl (C=O) groups excluding carboxylic acids is 2. The van der Waals surface area contributed by atoms with Gasteiger partial charge in [-0.15, -0.1) is 11.8 Å². The lowest BCUT2D eigenvalue weighted by molar-refractivity contribution is -0.188. The third-order valence-electron chi connectivity index (χ3n) is 2.28. The molecule has 17 heavy (non-hydrogen) atoms. The second-order valence-electron chi connectivity index (χ2n) is 3.61. The van der Waals surface area contributed by atoms with Crippen molar-refractivity contribution < 1.29 is 23.8 Å². The van der Waals surface area contributed by atoms with Crippen molar-refractivity contribution in [3.8, 4) is 0 Å². The summed E-state index contributed by atoms with van der Waals surface area (Å²) in [5, 5.41) is 0.378. The Kier molecular flexibility index (Phi) is 5.50. The van der Waals surface area contributed by atoms with Crippen LogP contribution < -0.4 is 0 Å². The first-order chi connectivity index (χ1) is 8.02. The smallest absolute Gasteiger partial charge is 0.346 e. The van der Waals surface area contributed by atoms with E-state index in [4.69, 9.17) is 9.47 Å². The highest BCUT2D eigenvalue weighted by Crippen LogP contribution is 2.25. The molecule has 1 aliphatic heterocycles. The largest absolute Gasteiger partial charge is 0.451 e. The van der Waals surface area contributed by atoms with Gasteiger partial charge in [0.05, 0.1) is 11.9 Å². The van der Waals surface area contributed by atoms with Crippen LogP contribution in [-0.2, 0) is 23.8 Å². The van der Waals surface area contributed by atoms with Gasteiger partial charge in [-0.05, 0) is 6.92 Å². The van der Waals surface area contributed by atoms with Crippen LogP contribution in [0.3, 0.4) is 0 Å². The molecule has 0 saturated carbocycles. The Morgan fingerprint density at radius 1 is 1.53 bits per heavy atom. The van der Waals surface area contributed by atoms with E-state index in [1.54, 1.807) is 11.8 Å². The lowest BCUT2D eigenvalue weighted by atomic mass is 10.3. The van der Waals surface area contributed by atoms with Gasteiger partial charge >= 0.3 is 11.9 Å². The maximum absolute atomic E-state index is 11.3. The summed E-state index contributed by atoms with van der Waals surface area (Å²) in [5.41, 5.74) is 0. The summed E-state index contributed by atoms with van der Waals surface area (Å²) in [6, 6.07) is 0. The molecule has 6 heteroatoms. The van der Waals surface area contributed by atoms with Gasteiger partial charge < -0.3 is 14.2 Å². The number of thioether (sulfide) groups is 1. The molecule has 1 rings (SSSR count). The molecule has 5 nitrogen and oxygen atoms in total. The summed E-state index contributed by atoms with van der Waals surface area (Å²) < 4.78 is 15.0. The predicted octanol–water partition coefficient (Wildman–Crippen LogP) is 1.13. The average molecular weight is 260 g/mol. The molecule has 0 aromatic rings. The lowest BCUT2D eigenvalue weighted by Gasteiger charge is -2.31. The van der Waals surface area contributed by atoms with Gasteiger partial charge in [0.1, 0.15) is 0 Å². The van der Waals surface area contributed by atoms with Crippen molar-refractivity contribution in [3.63, 3.8) is 0 Å². The van der Waals surface area contributed by atoms with E-state index in [0.717, 1.165) is 6.08 Å². The molecule has 96 valence electrons. The molecule has 0 spiro atoms. The van der Waals surface area contributed by atoms with E-state index in [1.807, 2.05) is 6.92 Å². The summed E-state index contributed by atoms with van der Waals surface area (Å²) in [4.78, 5) is 22.0. The molecule has 0 aromatic carbocycles. The van der Waals surface area contributed by atoms with Gasteiger partial charge in [0.2, 0.25) is 6.29 Å². The third kappa shape index (κ3) is 4.79. The number of carbonyl (C=O) groups is 2. The van der Waals surface area contributed by atoms with Crippen molar-refractivity contribution in [1.29, 1.82) is 0 Å². The Labute approximate surface area is 104 Å². The van der Waals surface area contributed by atoms with E-state index >= 15 is 0 Å². The Morgan fingerprint density at radius 2 is 2.24 bits per heavy atom. The van der Waals surface area contributed by atoms with Crippen LogP contribution in [0.15, 0.2) is 12.7 Å². The van der Waals surface area contributed by atoms with E-state index in [-0.39, 0.29) is 6.10 Å². The Morgan fingerprint density at radius 3 is 2.82 bits per heavy atom. The van der Waals surface area contributed by atoms with Gasteiger partial charge in [-0.3, -0.25) is 0 Å². The van der Waals surface area contributed by atoms with E-state index in [9.17, 15) is 9.59 Å². The van der Waals surface area contributed by atoms with Crippen molar-refractivity contribution >= 4 is 23.7 Å². The molecular weight excluding hydrogens is 244 g/mol. The second kappa shape index (κ2) is 6.66. The van der Waals surface area contributed by atoms with Crippen LogP contribution in [0.2, 0.25) is 0 Å². The highest BCUT2D eigenvalue weighted by molar-refractivity contribution is 8.00. The fraction of sp³-hybridized carbons (Fsp3) is 0.636. The predicted molar refractivity (Wildman–Crippen MR) is 63.5 cm³/mol. The minimum absolute atomic E-state index is 0.0299. The van der Waals surface area contributed by atoms with E-state index in [0.29, 0.717) is 11.0 Å². The number of rotatable bonds is 4. The molecule has 0 radical (unpaired) electrons. The van der Waals surface area contributed by atoms with Crippen molar-refractivity contribution in [2.24, 2.45) is 0 Å². The topological polar surface area (TPSA) is 61.8 Å². The van der Waals surface area contributed by atoms with Crippen LogP contribution in [0.5, 0.6) is 0 Å². The lowest BCUT2D eigenvalue weighted by Crippen LogP contribution is -2.38. The first kappa shape index (κ1) is 14.1. The molecule has 0 aliphatic carbocycles. The zero-order chi connectivity index (χ0) is 12.8. The van der Waals surface area contributed by atoms with E-state index in [1.165, 1.54) is 0 Å². The molecule has 0 amide bonds. The quantitative estimate of drug-likeness (QED) is 0.557. The van der Waals surface area contributed by atoms with Gasteiger partial charge in [0.25, 0.3) is 0 Å². The molecule has 0 aromatic heterocycles. The van der Waals surface area contributed by atoms with Crippen molar-refractivity contribution in [2.45, 2.75) is 31.5 Å². The van der Waals surface area contributed by atoms with Crippen molar-refractivity contribution in [2.75, 3.05) is 12.4 Å². The van der Waals surface area contributed by atoms with Crippen LogP contribution in [0.25, 0.3) is 0 Å². The fourth-order valence-electron chi connectivity index (χ4n) is 1.19. The molecule has 3 unspecified atom stereocenters. The summed E-state index contributed by atoms with van der Waals surface area (Å²) >= 11 is 1.68. The van der Waals surface area contributed by atoms with Crippen molar-refractivity contribution in [1.82, 2.24) is 0 Å². The molecule has 1 aliphatic rings. The number of ether oxygens (including phenoxy) is 3. The fourth-order valence-corrected chi connectivity index (χ4v) is 2.13. The minimum atomic E-state index is -0.650. The standard InChI is InChI=1S/C11H16O5S/c1-4-9(12)14-5-10(13)16-11-6-17-8(3)7(2)15-11/h4,7-8,11H,1,5-6H2,2-3H3. The normalized spacial score (nSPS) is 28.2. The molecular formula is C11H16O5S. The summed E-state index contributed by atoms with van der Waals surface area (Å²) in [6.45, 7) is 6.78. The van der Waals surface area contributed by atoms with Crippen LogP contribution in [0.1, 0.15) is 13.8 Å². The Balaban J connectivity index is 2.27. The third-order valence-corrected chi connectivity index (χ3v) is 3.66.